The Morgan fingerprint density at radius 1 is 1.29 bits per heavy atom. The largest absolute Gasteiger partial charge is 0.471 e. The van der Waals surface area contributed by atoms with Crippen molar-refractivity contribution in [2.75, 3.05) is 17.6 Å². The number of alkyl halides is 3. The van der Waals surface area contributed by atoms with E-state index < -0.39 is 28.2 Å². The summed E-state index contributed by atoms with van der Waals surface area (Å²) in [6.45, 7) is 2.56. The van der Waals surface area contributed by atoms with Crippen molar-refractivity contribution in [2.24, 2.45) is 0 Å². The van der Waals surface area contributed by atoms with Crippen LogP contribution in [0.25, 0.3) is 11.4 Å². The fraction of sp³-hybridized carbons (Fsp3) is 0.381. The summed E-state index contributed by atoms with van der Waals surface area (Å²) in [6, 6.07) is 7.93. The van der Waals surface area contributed by atoms with Crippen LogP contribution in [0.4, 0.5) is 19.0 Å². The van der Waals surface area contributed by atoms with E-state index in [9.17, 15) is 26.7 Å². The van der Waals surface area contributed by atoms with Crippen LogP contribution in [0.1, 0.15) is 35.6 Å². The zero-order valence-electron chi connectivity index (χ0n) is 18.5. The molecule has 0 radical (unpaired) electrons. The molecule has 1 aliphatic heterocycles. The van der Waals surface area contributed by atoms with E-state index in [1.54, 1.807) is 30.3 Å². The molecule has 0 saturated heterocycles. The van der Waals surface area contributed by atoms with Crippen LogP contribution in [-0.4, -0.2) is 52.9 Å². The Kier molecular flexibility index (Phi) is 6.12. The first-order chi connectivity index (χ1) is 15.9. The maximum Gasteiger partial charge on any atom is 0.471 e. The summed E-state index contributed by atoms with van der Waals surface area (Å²) in [5, 5.41) is 14.4. The standard InChI is InChI=1S/C21H22F3N5O4S/c1-12-17(30)16-9-13(18-26-20(33-27-18)21(22,23)24)6-7-14(16)10-29(12)11-15-5-4-8-25-19(15)28(2)34(3,31)32/h4-9,12,17,30H,10-11H2,1-3H3. The molecular formula is C21H22F3N5O4S. The van der Waals surface area contributed by atoms with Gasteiger partial charge in [0.25, 0.3) is 0 Å². The molecule has 1 N–H and O–H groups in total. The number of aliphatic hydroxyl groups is 1. The van der Waals surface area contributed by atoms with Crippen molar-refractivity contribution < 1.29 is 31.2 Å². The third-order valence-electron chi connectivity index (χ3n) is 5.83. The Hall–Kier alpha value is -3.03. The van der Waals surface area contributed by atoms with Crippen LogP contribution in [0.15, 0.2) is 41.1 Å². The minimum absolute atomic E-state index is 0.221. The normalized spacial score (nSPS) is 19.1. The zero-order valence-corrected chi connectivity index (χ0v) is 19.3. The average Bonchev–Trinajstić information content (AvgIpc) is 3.27. The van der Waals surface area contributed by atoms with E-state index in [-0.39, 0.29) is 11.9 Å². The molecule has 3 heterocycles. The van der Waals surface area contributed by atoms with E-state index in [2.05, 4.69) is 19.6 Å². The Labute approximate surface area is 193 Å². The first-order valence-electron chi connectivity index (χ1n) is 10.2. The van der Waals surface area contributed by atoms with Crippen LogP contribution in [0, 0.1) is 0 Å². The van der Waals surface area contributed by atoms with E-state index in [4.69, 9.17) is 0 Å². The maximum absolute atomic E-state index is 12.8. The van der Waals surface area contributed by atoms with Crippen molar-refractivity contribution in [1.82, 2.24) is 20.0 Å². The first-order valence-corrected chi connectivity index (χ1v) is 12.0. The van der Waals surface area contributed by atoms with E-state index in [0.717, 1.165) is 16.1 Å². The van der Waals surface area contributed by atoms with E-state index in [1.807, 2.05) is 11.8 Å². The molecule has 2 aromatic heterocycles. The molecular weight excluding hydrogens is 475 g/mol. The highest BCUT2D eigenvalue weighted by Gasteiger charge is 2.39. The topological polar surface area (TPSA) is 113 Å². The van der Waals surface area contributed by atoms with Gasteiger partial charge in [0.1, 0.15) is 5.82 Å². The number of benzene rings is 1. The lowest BCUT2D eigenvalue weighted by molar-refractivity contribution is -0.159. The fourth-order valence-corrected chi connectivity index (χ4v) is 4.32. The monoisotopic (exact) mass is 497 g/mol. The van der Waals surface area contributed by atoms with Gasteiger partial charge in [-0.25, -0.2) is 13.4 Å². The van der Waals surface area contributed by atoms with Crippen molar-refractivity contribution in [3.05, 3.63) is 59.1 Å². The molecule has 0 spiro atoms. The molecule has 9 nitrogen and oxygen atoms in total. The van der Waals surface area contributed by atoms with E-state index in [1.165, 1.54) is 13.2 Å². The predicted molar refractivity (Wildman–Crippen MR) is 116 cm³/mol. The Morgan fingerprint density at radius 2 is 2.03 bits per heavy atom. The van der Waals surface area contributed by atoms with Crippen molar-refractivity contribution in [2.45, 2.75) is 38.3 Å². The first kappa shape index (κ1) is 24.1. The molecule has 0 amide bonds. The van der Waals surface area contributed by atoms with Crippen LogP contribution >= 0.6 is 0 Å². The molecule has 0 bridgehead atoms. The van der Waals surface area contributed by atoms with Gasteiger partial charge >= 0.3 is 12.1 Å². The van der Waals surface area contributed by atoms with Gasteiger partial charge in [0.15, 0.2) is 0 Å². The van der Waals surface area contributed by atoms with Crippen molar-refractivity contribution in [3.8, 4) is 11.4 Å². The van der Waals surface area contributed by atoms with Crippen molar-refractivity contribution in [3.63, 3.8) is 0 Å². The summed E-state index contributed by atoms with van der Waals surface area (Å²) in [5.74, 6) is -1.36. The van der Waals surface area contributed by atoms with E-state index in [0.29, 0.717) is 35.6 Å². The lowest BCUT2D eigenvalue weighted by Gasteiger charge is -2.39. The molecule has 0 aliphatic carbocycles. The van der Waals surface area contributed by atoms with Gasteiger partial charge in [-0.15, -0.1) is 0 Å². The molecule has 2 unspecified atom stereocenters. The van der Waals surface area contributed by atoms with Crippen LogP contribution in [0.5, 0.6) is 0 Å². The highest BCUT2D eigenvalue weighted by molar-refractivity contribution is 7.92. The molecule has 13 heteroatoms. The summed E-state index contributed by atoms with van der Waals surface area (Å²) >= 11 is 0. The third-order valence-corrected chi connectivity index (χ3v) is 7.00. The molecule has 0 saturated carbocycles. The summed E-state index contributed by atoms with van der Waals surface area (Å²) in [7, 11) is -2.09. The number of aliphatic hydroxyl groups excluding tert-OH is 1. The molecule has 1 aliphatic rings. The van der Waals surface area contributed by atoms with Crippen LogP contribution in [0.3, 0.4) is 0 Å². The summed E-state index contributed by atoms with van der Waals surface area (Å²) < 4.78 is 67.8. The second-order valence-corrected chi connectivity index (χ2v) is 10.2. The van der Waals surface area contributed by atoms with Gasteiger partial charge in [-0.2, -0.15) is 18.2 Å². The van der Waals surface area contributed by atoms with Gasteiger partial charge in [0.2, 0.25) is 15.8 Å². The predicted octanol–water partition coefficient (Wildman–Crippen LogP) is 2.98. The molecule has 0 fully saturated rings. The van der Waals surface area contributed by atoms with E-state index >= 15 is 0 Å². The van der Waals surface area contributed by atoms with Crippen molar-refractivity contribution >= 4 is 15.8 Å². The van der Waals surface area contributed by atoms with Gasteiger partial charge in [0.05, 0.1) is 12.4 Å². The highest BCUT2D eigenvalue weighted by Crippen LogP contribution is 2.36. The molecule has 34 heavy (non-hydrogen) atoms. The maximum atomic E-state index is 12.8. The number of pyridine rings is 1. The van der Waals surface area contributed by atoms with Gasteiger partial charge in [-0.05, 0) is 30.2 Å². The molecule has 4 rings (SSSR count). The van der Waals surface area contributed by atoms with Crippen LogP contribution < -0.4 is 4.31 Å². The number of rotatable bonds is 5. The number of anilines is 1. The summed E-state index contributed by atoms with van der Waals surface area (Å²) in [4.78, 5) is 9.60. The minimum atomic E-state index is -4.75. The number of hydrogen-bond acceptors (Lipinski definition) is 8. The Balaban J connectivity index is 1.61. The van der Waals surface area contributed by atoms with Crippen LogP contribution in [0.2, 0.25) is 0 Å². The number of aromatic nitrogens is 3. The molecule has 2 atom stereocenters. The van der Waals surface area contributed by atoms with Crippen molar-refractivity contribution in [1.29, 1.82) is 0 Å². The average molecular weight is 497 g/mol. The fourth-order valence-electron chi connectivity index (χ4n) is 3.84. The lowest BCUT2D eigenvalue weighted by Crippen LogP contribution is -2.41. The Morgan fingerprint density at radius 3 is 2.68 bits per heavy atom. The second kappa shape index (κ2) is 8.64. The summed E-state index contributed by atoms with van der Waals surface area (Å²) in [5.41, 5.74) is 2.29. The van der Waals surface area contributed by atoms with Gasteiger partial charge in [0, 0.05) is 43.5 Å². The SMILES string of the molecule is CC1C(O)c2cc(-c3noc(C(F)(F)F)n3)ccc2CN1Cc1cccnc1N(C)S(C)(=O)=O. The number of fused-ring (bicyclic) bond motifs is 1. The molecule has 3 aromatic rings. The van der Waals surface area contributed by atoms with Gasteiger partial charge < -0.3 is 9.63 Å². The smallest absolute Gasteiger partial charge is 0.387 e. The van der Waals surface area contributed by atoms with Gasteiger partial charge in [-0.3, -0.25) is 9.21 Å². The minimum Gasteiger partial charge on any atom is -0.387 e. The second-order valence-electron chi connectivity index (χ2n) is 8.14. The Bertz CT molecular complexity index is 1310. The van der Waals surface area contributed by atoms with Crippen LogP contribution in [-0.2, 0) is 29.3 Å². The van der Waals surface area contributed by atoms with Gasteiger partial charge in [-0.1, -0.05) is 23.4 Å². The number of halogens is 3. The molecule has 182 valence electrons. The number of sulfonamides is 1. The lowest BCUT2D eigenvalue weighted by atomic mass is 9.90. The zero-order chi connectivity index (χ0) is 24.8. The molecule has 1 aromatic carbocycles. The quantitative estimate of drug-likeness (QED) is 0.573. The number of hydrogen-bond donors (Lipinski definition) is 1. The third kappa shape index (κ3) is 4.63. The highest BCUT2D eigenvalue weighted by atomic mass is 32.2. The summed E-state index contributed by atoms with van der Waals surface area (Å²) in [6.07, 6.45) is -3.10. The number of nitrogens with zero attached hydrogens (tertiary/aromatic N) is 5.